The van der Waals surface area contributed by atoms with Crippen molar-refractivity contribution in [1.82, 2.24) is 5.32 Å². The van der Waals surface area contributed by atoms with Crippen molar-refractivity contribution in [3.05, 3.63) is 41.6 Å². The minimum atomic E-state index is -3.67. The second-order valence-corrected chi connectivity index (χ2v) is 5.52. The van der Waals surface area contributed by atoms with Gasteiger partial charge in [0.15, 0.2) is 0 Å². The maximum absolute atomic E-state index is 11.2. The topological polar surface area (TPSA) is 46.2 Å². The molecule has 2 rings (SSSR count). The fraction of sp³-hybridized carbons (Fsp3) is 0.111. The second kappa shape index (κ2) is 3.29. The highest BCUT2D eigenvalue weighted by atomic mass is 35.7. The number of benzene rings is 1. The molecule has 1 aromatic carbocycles. The van der Waals surface area contributed by atoms with Crippen LogP contribution in [0.2, 0.25) is 0 Å². The zero-order valence-corrected chi connectivity index (χ0v) is 8.77. The van der Waals surface area contributed by atoms with E-state index in [1.54, 1.807) is 12.1 Å². The van der Waals surface area contributed by atoms with Gasteiger partial charge in [-0.05, 0) is 5.56 Å². The third kappa shape index (κ3) is 1.63. The van der Waals surface area contributed by atoms with E-state index in [2.05, 4.69) is 5.32 Å². The van der Waals surface area contributed by atoms with Gasteiger partial charge >= 0.3 is 0 Å². The van der Waals surface area contributed by atoms with Gasteiger partial charge in [-0.1, -0.05) is 24.3 Å². The first kappa shape index (κ1) is 9.55. The molecular weight excluding hydrogens is 222 g/mol. The molecule has 0 aromatic heterocycles. The van der Waals surface area contributed by atoms with Crippen LogP contribution >= 0.6 is 10.7 Å². The molecule has 1 N–H and O–H groups in total. The standard InChI is InChI=1S/C9H8ClNO2S/c10-14(12,13)9-6-11-5-7-3-1-2-4-8(7)9/h1-4,6,11H,5H2. The van der Waals surface area contributed by atoms with Crippen molar-refractivity contribution < 1.29 is 8.42 Å². The molecule has 0 unspecified atom stereocenters. The molecule has 0 radical (unpaired) electrons. The van der Waals surface area contributed by atoms with Gasteiger partial charge in [-0.25, -0.2) is 8.42 Å². The molecule has 3 nitrogen and oxygen atoms in total. The molecule has 0 aliphatic carbocycles. The molecule has 1 aromatic rings. The summed E-state index contributed by atoms with van der Waals surface area (Å²) in [5.74, 6) is 0. The second-order valence-electron chi connectivity index (χ2n) is 2.98. The average molecular weight is 230 g/mol. The van der Waals surface area contributed by atoms with Gasteiger partial charge in [-0.15, -0.1) is 0 Å². The summed E-state index contributed by atoms with van der Waals surface area (Å²) < 4.78 is 22.4. The Balaban J connectivity index is 2.62. The van der Waals surface area contributed by atoms with E-state index in [1.807, 2.05) is 12.1 Å². The molecule has 0 spiro atoms. The molecule has 1 aliphatic heterocycles. The molecule has 1 aliphatic rings. The number of nitrogens with one attached hydrogen (secondary N) is 1. The Kier molecular flexibility index (Phi) is 2.25. The molecule has 14 heavy (non-hydrogen) atoms. The minimum absolute atomic E-state index is 0.140. The summed E-state index contributed by atoms with van der Waals surface area (Å²) in [6, 6.07) is 7.28. The number of hydrogen-bond acceptors (Lipinski definition) is 3. The first-order chi connectivity index (χ1) is 6.59. The summed E-state index contributed by atoms with van der Waals surface area (Å²) in [6.45, 7) is 0.631. The van der Waals surface area contributed by atoms with E-state index < -0.39 is 9.05 Å². The zero-order valence-electron chi connectivity index (χ0n) is 7.20. The van der Waals surface area contributed by atoms with Crippen molar-refractivity contribution in [2.75, 3.05) is 0 Å². The fourth-order valence-electron chi connectivity index (χ4n) is 1.45. The van der Waals surface area contributed by atoms with Gasteiger partial charge in [0.2, 0.25) is 0 Å². The first-order valence-corrected chi connectivity index (χ1v) is 6.36. The van der Waals surface area contributed by atoms with Gasteiger partial charge in [-0.3, -0.25) is 0 Å². The highest BCUT2D eigenvalue weighted by Gasteiger charge is 2.21. The van der Waals surface area contributed by atoms with Crippen LogP contribution in [0.15, 0.2) is 30.5 Å². The normalized spacial score (nSPS) is 15.4. The molecule has 0 amide bonds. The van der Waals surface area contributed by atoms with E-state index in [4.69, 9.17) is 10.7 Å². The van der Waals surface area contributed by atoms with Crippen LogP contribution in [-0.2, 0) is 15.6 Å². The van der Waals surface area contributed by atoms with Gasteiger partial charge in [-0.2, -0.15) is 0 Å². The first-order valence-electron chi connectivity index (χ1n) is 4.05. The van der Waals surface area contributed by atoms with E-state index in [0.717, 1.165) is 5.56 Å². The van der Waals surface area contributed by atoms with Crippen LogP contribution < -0.4 is 5.32 Å². The summed E-state index contributed by atoms with van der Waals surface area (Å²) >= 11 is 0. The lowest BCUT2D eigenvalue weighted by Crippen LogP contribution is -2.15. The Bertz CT molecular complexity index is 493. The van der Waals surface area contributed by atoms with Crippen molar-refractivity contribution in [3.63, 3.8) is 0 Å². The SMILES string of the molecule is O=S(=O)(Cl)C1=CNCc2ccccc21. The van der Waals surface area contributed by atoms with E-state index >= 15 is 0 Å². The zero-order chi connectivity index (χ0) is 10.2. The lowest BCUT2D eigenvalue weighted by molar-refractivity contribution is 0.617. The Hall–Kier alpha value is -1.00. The van der Waals surface area contributed by atoms with Crippen molar-refractivity contribution in [2.45, 2.75) is 6.54 Å². The molecule has 5 heteroatoms. The quantitative estimate of drug-likeness (QED) is 0.745. The van der Waals surface area contributed by atoms with E-state index in [-0.39, 0.29) is 4.91 Å². The number of hydrogen-bond donors (Lipinski definition) is 1. The van der Waals surface area contributed by atoms with Gasteiger partial charge in [0, 0.05) is 29.0 Å². The molecule has 1 heterocycles. The maximum atomic E-state index is 11.2. The molecule has 0 fully saturated rings. The smallest absolute Gasteiger partial charge is 0.263 e. The molecule has 0 bridgehead atoms. The fourth-order valence-corrected chi connectivity index (χ4v) is 2.52. The van der Waals surface area contributed by atoms with Crippen LogP contribution in [0.3, 0.4) is 0 Å². The van der Waals surface area contributed by atoms with Crippen molar-refractivity contribution in [2.24, 2.45) is 0 Å². The maximum Gasteiger partial charge on any atom is 0.263 e. The Morgan fingerprint density at radius 1 is 1.29 bits per heavy atom. The molecule has 0 saturated carbocycles. The third-order valence-corrected chi connectivity index (χ3v) is 3.43. The summed E-state index contributed by atoms with van der Waals surface area (Å²) in [5, 5.41) is 2.87. The number of fused-ring (bicyclic) bond motifs is 1. The minimum Gasteiger partial charge on any atom is -0.386 e. The van der Waals surface area contributed by atoms with Crippen LogP contribution in [0.1, 0.15) is 11.1 Å². The highest BCUT2D eigenvalue weighted by molar-refractivity contribution is 8.21. The predicted octanol–water partition coefficient (Wildman–Crippen LogP) is 1.66. The van der Waals surface area contributed by atoms with Crippen LogP contribution in [-0.4, -0.2) is 8.42 Å². The monoisotopic (exact) mass is 229 g/mol. The van der Waals surface area contributed by atoms with Crippen LogP contribution in [0.25, 0.3) is 4.91 Å². The molecule has 0 atom stereocenters. The summed E-state index contributed by atoms with van der Waals surface area (Å²) in [7, 11) is 1.64. The lowest BCUT2D eigenvalue weighted by atomic mass is 10.1. The molecular formula is C9H8ClNO2S. The van der Waals surface area contributed by atoms with Crippen LogP contribution in [0, 0.1) is 0 Å². The lowest BCUT2D eigenvalue weighted by Gasteiger charge is -2.16. The molecule has 0 saturated heterocycles. The highest BCUT2D eigenvalue weighted by Crippen LogP contribution is 2.28. The van der Waals surface area contributed by atoms with Gasteiger partial charge < -0.3 is 5.32 Å². The summed E-state index contributed by atoms with van der Waals surface area (Å²) in [6.07, 6.45) is 1.44. The van der Waals surface area contributed by atoms with Crippen LogP contribution in [0.5, 0.6) is 0 Å². The predicted molar refractivity (Wildman–Crippen MR) is 56.0 cm³/mol. The molecule has 74 valence electrons. The van der Waals surface area contributed by atoms with E-state index in [1.165, 1.54) is 6.20 Å². The van der Waals surface area contributed by atoms with Gasteiger partial charge in [0.1, 0.15) is 4.91 Å². The largest absolute Gasteiger partial charge is 0.386 e. The Labute approximate surface area is 86.8 Å². The van der Waals surface area contributed by atoms with Crippen molar-refractivity contribution in [3.8, 4) is 0 Å². The van der Waals surface area contributed by atoms with Crippen molar-refractivity contribution in [1.29, 1.82) is 0 Å². The number of rotatable bonds is 1. The third-order valence-electron chi connectivity index (χ3n) is 2.07. The number of halogens is 1. The average Bonchev–Trinajstić information content (AvgIpc) is 2.15. The summed E-state index contributed by atoms with van der Waals surface area (Å²) in [4.78, 5) is 0.140. The summed E-state index contributed by atoms with van der Waals surface area (Å²) in [5.41, 5.74) is 1.62. The van der Waals surface area contributed by atoms with Crippen molar-refractivity contribution >= 4 is 24.6 Å². The van der Waals surface area contributed by atoms with E-state index in [9.17, 15) is 8.42 Å². The van der Waals surface area contributed by atoms with Gasteiger partial charge in [0.05, 0.1) is 0 Å². The Morgan fingerprint density at radius 2 is 2.00 bits per heavy atom. The van der Waals surface area contributed by atoms with Crippen LogP contribution in [0.4, 0.5) is 0 Å². The van der Waals surface area contributed by atoms with Gasteiger partial charge in [0.25, 0.3) is 9.05 Å². The van der Waals surface area contributed by atoms with E-state index in [0.29, 0.717) is 12.1 Å². The Morgan fingerprint density at radius 3 is 2.71 bits per heavy atom.